The quantitative estimate of drug-likeness (QED) is 0.619. The van der Waals surface area contributed by atoms with Crippen LogP contribution in [-0.2, 0) is 11.2 Å². The van der Waals surface area contributed by atoms with Crippen LogP contribution in [0.1, 0.15) is 70.3 Å². The van der Waals surface area contributed by atoms with Crippen molar-refractivity contribution >= 4 is 11.6 Å². The summed E-state index contributed by atoms with van der Waals surface area (Å²) in [5.74, 6) is 0.0454. The zero-order valence-electron chi connectivity index (χ0n) is 16.5. The lowest BCUT2D eigenvalue weighted by molar-refractivity contribution is -0.123. The van der Waals surface area contributed by atoms with Crippen molar-refractivity contribution in [1.29, 1.82) is 0 Å². The molecule has 4 heteroatoms. The van der Waals surface area contributed by atoms with Crippen LogP contribution in [0.3, 0.4) is 0 Å². The van der Waals surface area contributed by atoms with E-state index in [0.717, 1.165) is 18.5 Å². The summed E-state index contributed by atoms with van der Waals surface area (Å²) in [6.45, 7) is 2.23. The van der Waals surface area contributed by atoms with Gasteiger partial charge in [0.05, 0.1) is 12.6 Å². The minimum atomic E-state index is -0.196. The minimum Gasteiger partial charge on any atom is -0.394 e. The zero-order valence-corrected chi connectivity index (χ0v) is 16.5. The molecule has 146 valence electrons. The van der Waals surface area contributed by atoms with Gasteiger partial charge in [-0.25, -0.2) is 0 Å². The largest absolute Gasteiger partial charge is 0.394 e. The first-order chi connectivity index (χ1) is 12.7. The zero-order chi connectivity index (χ0) is 18.8. The average molecular weight is 361 g/mol. The van der Waals surface area contributed by atoms with Crippen LogP contribution < -0.4 is 10.2 Å². The van der Waals surface area contributed by atoms with Gasteiger partial charge in [-0.3, -0.25) is 4.79 Å². The molecule has 26 heavy (non-hydrogen) atoms. The van der Waals surface area contributed by atoms with Gasteiger partial charge in [-0.05, 0) is 24.5 Å². The number of nitrogens with one attached hydrogen (secondary N) is 1. The second-order valence-corrected chi connectivity index (χ2v) is 7.61. The van der Waals surface area contributed by atoms with Gasteiger partial charge in [-0.1, -0.05) is 76.5 Å². The van der Waals surface area contributed by atoms with Crippen molar-refractivity contribution in [3.63, 3.8) is 0 Å². The highest BCUT2D eigenvalue weighted by atomic mass is 16.3. The van der Waals surface area contributed by atoms with Crippen LogP contribution >= 0.6 is 0 Å². The fourth-order valence-electron chi connectivity index (χ4n) is 3.89. The van der Waals surface area contributed by atoms with Crippen LogP contribution in [0.2, 0.25) is 0 Å². The number of para-hydroxylation sites is 1. The number of rotatable bonds is 10. The van der Waals surface area contributed by atoms with Crippen molar-refractivity contribution in [3.05, 3.63) is 29.8 Å². The molecule has 2 N–H and O–H groups in total. The molecule has 4 nitrogen and oxygen atoms in total. The maximum atomic E-state index is 12.7. The van der Waals surface area contributed by atoms with Crippen LogP contribution in [0.15, 0.2) is 24.3 Å². The van der Waals surface area contributed by atoms with E-state index in [4.69, 9.17) is 0 Å². The lowest BCUT2D eigenvalue weighted by Gasteiger charge is -2.35. The van der Waals surface area contributed by atoms with E-state index < -0.39 is 0 Å². The van der Waals surface area contributed by atoms with E-state index >= 15 is 0 Å². The summed E-state index contributed by atoms with van der Waals surface area (Å²) >= 11 is 0. The Morgan fingerprint density at radius 3 is 2.42 bits per heavy atom. The number of carbonyl (C=O) groups is 1. The number of carbonyl (C=O) groups excluding carboxylic acids is 1. The maximum absolute atomic E-state index is 12.7. The summed E-state index contributed by atoms with van der Waals surface area (Å²) in [6, 6.07) is 7.88. The van der Waals surface area contributed by atoms with Gasteiger partial charge in [-0.2, -0.15) is 0 Å². The van der Waals surface area contributed by atoms with Gasteiger partial charge in [0.25, 0.3) is 0 Å². The third kappa shape index (κ3) is 6.01. The van der Waals surface area contributed by atoms with Crippen molar-refractivity contribution in [2.24, 2.45) is 0 Å². The fraction of sp³-hybridized carbons (Fsp3) is 0.682. The second kappa shape index (κ2) is 11.2. The number of unbranched alkanes of at least 4 members (excludes halogenated alkanes) is 7. The average Bonchev–Trinajstić information content (AvgIpc) is 2.65. The van der Waals surface area contributed by atoms with E-state index in [9.17, 15) is 9.90 Å². The van der Waals surface area contributed by atoms with E-state index in [1.807, 2.05) is 19.2 Å². The van der Waals surface area contributed by atoms with Gasteiger partial charge in [0.2, 0.25) is 5.91 Å². The summed E-state index contributed by atoms with van der Waals surface area (Å²) in [4.78, 5) is 14.9. The Bertz CT molecular complexity index is 547. The standard InChI is InChI=1S/C22H36N2O2/c1-3-4-5-6-7-8-9-10-15-21-22(26)23-19(17-25)16-18-13-11-12-14-20(18)24(21)2/h11-14,19,21,25H,3-10,15-17H2,1-2H3,(H,23,26)/t19-,21-/m0/s1. The molecule has 0 fully saturated rings. The first-order valence-electron chi connectivity index (χ1n) is 10.4. The Kier molecular flexibility index (Phi) is 8.96. The monoisotopic (exact) mass is 360 g/mol. The molecule has 1 aliphatic heterocycles. The molecule has 1 aromatic rings. The topological polar surface area (TPSA) is 52.6 Å². The predicted octanol–water partition coefficient (Wildman–Crippen LogP) is 4.06. The number of aliphatic hydroxyl groups is 1. The first-order valence-corrected chi connectivity index (χ1v) is 10.4. The van der Waals surface area contributed by atoms with Gasteiger partial charge in [-0.15, -0.1) is 0 Å². The van der Waals surface area contributed by atoms with Crippen molar-refractivity contribution in [2.75, 3.05) is 18.6 Å². The summed E-state index contributed by atoms with van der Waals surface area (Å²) in [6.07, 6.45) is 11.7. The minimum absolute atomic E-state index is 0.0196. The van der Waals surface area contributed by atoms with Crippen LogP contribution in [0.4, 0.5) is 5.69 Å². The number of benzene rings is 1. The highest BCUT2D eigenvalue weighted by Crippen LogP contribution is 2.26. The van der Waals surface area contributed by atoms with Crippen LogP contribution in [0, 0.1) is 0 Å². The Balaban J connectivity index is 1.91. The summed E-state index contributed by atoms with van der Waals surface area (Å²) in [5, 5.41) is 12.6. The highest BCUT2D eigenvalue weighted by Gasteiger charge is 2.29. The van der Waals surface area contributed by atoms with Crippen molar-refractivity contribution in [3.8, 4) is 0 Å². The molecule has 0 unspecified atom stereocenters. The molecule has 1 aromatic carbocycles. The molecule has 2 rings (SSSR count). The van der Waals surface area contributed by atoms with Gasteiger partial charge in [0.15, 0.2) is 0 Å². The Morgan fingerprint density at radius 2 is 1.73 bits per heavy atom. The normalized spacial score (nSPS) is 20.3. The van der Waals surface area contributed by atoms with Gasteiger partial charge in [0.1, 0.15) is 6.04 Å². The van der Waals surface area contributed by atoms with Crippen molar-refractivity contribution in [2.45, 2.75) is 83.2 Å². The molecular weight excluding hydrogens is 324 g/mol. The van der Waals surface area contributed by atoms with Gasteiger partial charge < -0.3 is 15.3 Å². The third-order valence-electron chi connectivity index (χ3n) is 5.51. The number of nitrogens with zero attached hydrogens (tertiary/aromatic N) is 1. The van der Waals surface area contributed by atoms with Crippen molar-refractivity contribution in [1.82, 2.24) is 5.32 Å². The predicted molar refractivity (Wildman–Crippen MR) is 109 cm³/mol. The van der Waals surface area contributed by atoms with E-state index in [1.165, 1.54) is 50.5 Å². The molecule has 1 amide bonds. The Morgan fingerprint density at radius 1 is 1.08 bits per heavy atom. The lowest BCUT2D eigenvalue weighted by Crippen LogP contribution is -2.52. The van der Waals surface area contributed by atoms with Gasteiger partial charge in [0, 0.05) is 12.7 Å². The molecule has 1 heterocycles. The number of hydrogen-bond donors (Lipinski definition) is 2. The number of anilines is 1. The number of fused-ring (bicyclic) bond motifs is 1. The van der Waals surface area contributed by atoms with Crippen LogP contribution in [-0.4, -0.2) is 36.8 Å². The lowest BCUT2D eigenvalue weighted by atomic mass is 9.97. The molecule has 0 spiro atoms. The maximum Gasteiger partial charge on any atom is 0.242 e. The Labute approximate surface area is 159 Å². The highest BCUT2D eigenvalue weighted by molar-refractivity contribution is 5.86. The van der Waals surface area contributed by atoms with E-state index in [-0.39, 0.29) is 24.6 Å². The number of hydrogen-bond acceptors (Lipinski definition) is 3. The Hall–Kier alpha value is -1.55. The molecule has 0 saturated carbocycles. The van der Waals surface area contributed by atoms with E-state index in [0.29, 0.717) is 6.42 Å². The second-order valence-electron chi connectivity index (χ2n) is 7.61. The summed E-state index contributed by atoms with van der Waals surface area (Å²) < 4.78 is 0. The first kappa shape index (κ1) is 20.8. The number of likely N-dealkylation sites (N-methyl/N-ethyl adjacent to an activating group) is 1. The molecule has 0 aliphatic carbocycles. The molecule has 0 saturated heterocycles. The molecular formula is C22H36N2O2. The number of aliphatic hydroxyl groups excluding tert-OH is 1. The van der Waals surface area contributed by atoms with Crippen LogP contribution in [0.5, 0.6) is 0 Å². The van der Waals surface area contributed by atoms with E-state index in [2.05, 4.69) is 29.3 Å². The smallest absolute Gasteiger partial charge is 0.242 e. The number of amides is 1. The summed E-state index contributed by atoms with van der Waals surface area (Å²) in [7, 11) is 2.02. The van der Waals surface area contributed by atoms with E-state index in [1.54, 1.807) is 0 Å². The molecule has 0 aromatic heterocycles. The fourth-order valence-corrected chi connectivity index (χ4v) is 3.89. The molecule has 0 radical (unpaired) electrons. The molecule has 0 bridgehead atoms. The SMILES string of the molecule is CCCCCCCCCC[C@H]1C(=O)N[C@H](CO)Cc2ccccc2N1C. The van der Waals surface area contributed by atoms with Crippen molar-refractivity contribution < 1.29 is 9.90 Å². The van der Waals surface area contributed by atoms with Gasteiger partial charge >= 0.3 is 0 Å². The molecule has 1 aliphatic rings. The third-order valence-corrected chi connectivity index (χ3v) is 5.51. The van der Waals surface area contributed by atoms with Crippen LogP contribution in [0.25, 0.3) is 0 Å². The molecule has 2 atom stereocenters. The summed E-state index contributed by atoms with van der Waals surface area (Å²) in [5.41, 5.74) is 2.31.